The van der Waals surface area contributed by atoms with Gasteiger partial charge >= 0.3 is 0 Å². The summed E-state index contributed by atoms with van der Waals surface area (Å²) >= 11 is 3.11. The van der Waals surface area contributed by atoms with E-state index in [9.17, 15) is 4.39 Å². The maximum atomic E-state index is 13.4. The monoisotopic (exact) mass is 312 g/mol. The van der Waals surface area contributed by atoms with Crippen molar-refractivity contribution < 1.29 is 4.39 Å². The van der Waals surface area contributed by atoms with Crippen molar-refractivity contribution in [2.45, 2.75) is 13.3 Å². The molecule has 1 aromatic heterocycles. The van der Waals surface area contributed by atoms with Gasteiger partial charge in [-0.25, -0.2) is 4.39 Å². The molecule has 0 saturated carbocycles. The van der Waals surface area contributed by atoms with Crippen molar-refractivity contribution in [2.24, 2.45) is 7.05 Å². The van der Waals surface area contributed by atoms with Gasteiger partial charge in [0.25, 0.3) is 0 Å². The zero-order valence-electron chi connectivity index (χ0n) is 10.2. The summed E-state index contributed by atoms with van der Waals surface area (Å²) in [6, 6.07) is 4.82. The van der Waals surface area contributed by atoms with Gasteiger partial charge in [0.1, 0.15) is 5.82 Å². The van der Waals surface area contributed by atoms with Crippen LogP contribution in [0.3, 0.4) is 0 Å². The minimum Gasteiger partial charge on any atom is -0.394 e. The predicted octanol–water partition coefficient (Wildman–Crippen LogP) is 3.21. The Morgan fingerprint density at radius 2 is 2.22 bits per heavy atom. The number of nitrogens with two attached hydrogens (primary N) is 1. The first-order valence-electron chi connectivity index (χ1n) is 5.56. The average Bonchev–Trinajstić information content (AvgIpc) is 2.61. The van der Waals surface area contributed by atoms with E-state index in [4.69, 9.17) is 5.73 Å². The average molecular weight is 313 g/mol. The largest absolute Gasteiger partial charge is 0.394 e. The second-order valence-electron chi connectivity index (χ2n) is 3.94. The van der Waals surface area contributed by atoms with Crippen molar-refractivity contribution in [1.29, 1.82) is 0 Å². The third-order valence-corrected chi connectivity index (χ3v) is 3.32. The smallest absolute Gasteiger partial charge is 0.152 e. The van der Waals surface area contributed by atoms with Crippen LogP contribution in [-0.2, 0) is 13.5 Å². The molecule has 0 atom stereocenters. The summed E-state index contributed by atoms with van der Waals surface area (Å²) < 4.78 is 15.5. The molecule has 3 N–H and O–H groups in total. The molecule has 0 unspecified atom stereocenters. The van der Waals surface area contributed by atoms with E-state index in [-0.39, 0.29) is 5.82 Å². The topological polar surface area (TPSA) is 55.9 Å². The first-order chi connectivity index (χ1) is 8.52. The fourth-order valence-corrected chi connectivity index (χ4v) is 1.96. The number of aryl methyl sites for hydroxylation is 2. The molecule has 0 saturated heterocycles. The SMILES string of the molecule is CCc1nn(C)c(Nc2ccc(Br)c(F)c2)c1N. The van der Waals surface area contributed by atoms with E-state index in [2.05, 4.69) is 26.3 Å². The maximum Gasteiger partial charge on any atom is 0.152 e. The number of nitrogens with one attached hydrogen (secondary N) is 1. The molecule has 0 aliphatic heterocycles. The molecule has 2 aromatic rings. The van der Waals surface area contributed by atoms with Crippen LogP contribution in [0.4, 0.5) is 21.6 Å². The molecule has 0 aliphatic rings. The van der Waals surface area contributed by atoms with Gasteiger partial charge in [-0.2, -0.15) is 5.10 Å². The summed E-state index contributed by atoms with van der Waals surface area (Å²) in [6.07, 6.45) is 0.760. The fraction of sp³-hybridized carbons (Fsp3) is 0.250. The lowest BCUT2D eigenvalue weighted by atomic mass is 10.2. The van der Waals surface area contributed by atoms with Crippen LogP contribution in [0.1, 0.15) is 12.6 Å². The second-order valence-corrected chi connectivity index (χ2v) is 4.79. The Bertz CT molecular complexity index is 580. The molecule has 0 bridgehead atoms. The molecule has 96 valence electrons. The Hall–Kier alpha value is -1.56. The van der Waals surface area contributed by atoms with Crippen LogP contribution in [-0.4, -0.2) is 9.78 Å². The Balaban J connectivity index is 2.33. The summed E-state index contributed by atoms with van der Waals surface area (Å²) in [6.45, 7) is 1.99. The summed E-state index contributed by atoms with van der Waals surface area (Å²) in [5.74, 6) is 0.352. The number of hydrogen-bond donors (Lipinski definition) is 2. The lowest BCUT2D eigenvalue weighted by molar-refractivity contribution is 0.621. The number of anilines is 3. The number of aromatic nitrogens is 2. The van der Waals surface area contributed by atoms with Crippen molar-refractivity contribution in [2.75, 3.05) is 11.1 Å². The molecule has 0 spiro atoms. The van der Waals surface area contributed by atoms with E-state index < -0.39 is 0 Å². The second kappa shape index (κ2) is 4.97. The van der Waals surface area contributed by atoms with Crippen LogP contribution in [0.2, 0.25) is 0 Å². The molecule has 1 aromatic carbocycles. The van der Waals surface area contributed by atoms with E-state index in [1.54, 1.807) is 23.9 Å². The Morgan fingerprint density at radius 3 is 2.78 bits per heavy atom. The summed E-state index contributed by atoms with van der Waals surface area (Å²) in [5.41, 5.74) is 8.05. The van der Waals surface area contributed by atoms with Gasteiger partial charge in [0.2, 0.25) is 0 Å². The number of rotatable bonds is 3. The molecule has 1 heterocycles. The molecule has 6 heteroatoms. The van der Waals surface area contributed by atoms with Crippen LogP contribution in [0, 0.1) is 5.82 Å². The number of halogens is 2. The molecule has 4 nitrogen and oxygen atoms in total. The third-order valence-electron chi connectivity index (χ3n) is 2.68. The van der Waals surface area contributed by atoms with Gasteiger partial charge in [-0.3, -0.25) is 4.68 Å². The quantitative estimate of drug-likeness (QED) is 0.915. The van der Waals surface area contributed by atoms with E-state index >= 15 is 0 Å². The highest BCUT2D eigenvalue weighted by molar-refractivity contribution is 9.10. The standard InChI is InChI=1S/C12H14BrFN4/c1-3-10-11(15)12(18(2)17-10)16-7-4-5-8(13)9(14)6-7/h4-6,16H,3,15H2,1-2H3. The highest BCUT2D eigenvalue weighted by Crippen LogP contribution is 2.27. The van der Waals surface area contributed by atoms with Gasteiger partial charge < -0.3 is 11.1 Å². The van der Waals surface area contributed by atoms with Gasteiger partial charge in [0, 0.05) is 12.7 Å². The molecular weight excluding hydrogens is 299 g/mol. The number of benzene rings is 1. The highest BCUT2D eigenvalue weighted by Gasteiger charge is 2.12. The van der Waals surface area contributed by atoms with Crippen LogP contribution >= 0.6 is 15.9 Å². The van der Waals surface area contributed by atoms with E-state index in [1.807, 2.05) is 6.92 Å². The summed E-state index contributed by atoms with van der Waals surface area (Å²) in [7, 11) is 1.80. The van der Waals surface area contributed by atoms with Gasteiger partial charge in [-0.15, -0.1) is 0 Å². The first-order valence-corrected chi connectivity index (χ1v) is 6.35. The van der Waals surface area contributed by atoms with Crippen LogP contribution in [0.15, 0.2) is 22.7 Å². The van der Waals surface area contributed by atoms with Crippen LogP contribution in [0.5, 0.6) is 0 Å². The molecule has 0 fully saturated rings. The Labute approximate surface area is 113 Å². The van der Waals surface area contributed by atoms with E-state index in [0.29, 0.717) is 21.7 Å². The number of hydrogen-bond acceptors (Lipinski definition) is 3. The Kier molecular flexibility index (Phi) is 3.56. The lowest BCUT2D eigenvalue weighted by Crippen LogP contribution is -2.01. The molecule has 0 amide bonds. The molecule has 0 aliphatic carbocycles. The third kappa shape index (κ3) is 2.33. The minimum atomic E-state index is -0.323. The molecule has 2 rings (SSSR count). The maximum absolute atomic E-state index is 13.4. The minimum absolute atomic E-state index is 0.323. The molecular formula is C12H14BrFN4. The Morgan fingerprint density at radius 1 is 1.50 bits per heavy atom. The van der Waals surface area contributed by atoms with Gasteiger partial charge in [0.15, 0.2) is 5.82 Å². The van der Waals surface area contributed by atoms with Crippen molar-refractivity contribution in [3.05, 3.63) is 34.2 Å². The van der Waals surface area contributed by atoms with Crippen molar-refractivity contribution in [3.8, 4) is 0 Å². The van der Waals surface area contributed by atoms with Crippen LogP contribution < -0.4 is 11.1 Å². The number of nitrogens with zero attached hydrogens (tertiary/aromatic N) is 2. The van der Waals surface area contributed by atoms with Crippen molar-refractivity contribution in [1.82, 2.24) is 9.78 Å². The summed E-state index contributed by atoms with van der Waals surface area (Å²) in [4.78, 5) is 0. The molecule has 0 radical (unpaired) electrons. The fourth-order valence-electron chi connectivity index (χ4n) is 1.72. The van der Waals surface area contributed by atoms with Crippen LogP contribution in [0.25, 0.3) is 0 Å². The van der Waals surface area contributed by atoms with Gasteiger partial charge in [-0.1, -0.05) is 6.92 Å². The molecule has 18 heavy (non-hydrogen) atoms. The normalized spacial score (nSPS) is 10.7. The summed E-state index contributed by atoms with van der Waals surface area (Å²) in [5, 5.41) is 7.37. The zero-order chi connectivity index (χ0) is 13.3. The predicted molar refractivity (Wildman–Crippen MR) is 74.4 cm³/mol. The van der Waals surface area contributed by atoms with Gasteiger partial charge in [0.05, 0.1) is 15.9 Å². The zero-order valence-corrected chi connectivity index (χ0v) is 11.8. The van der Waals surface area contributed by atoms with Gasteiger partial charge in [-0.05, 0) is 40.5 Å². The van der Waals surface area contributed by atoms with Crippen molar-refractivity contribution >= 4 is 33.1 Å². The number of nitrogen functional groups attached to an aromatic ring is 1. The van der Waals surface area contributed by atoms with E-state index in [1.165, 1.54) is 6.07 Å². The van der Waals surface area contributed by atoms with E-state index in [0.717, 1.165) is 12.1 Å². The highest BCUT2D eigenvalue weighted by atomic mass is 79.9. The lowest BCUT2D eigenvalue weighted by Gasteiger charge is -2.08. The first kappa shape index (κ1) is 12.9. The van der Waals surface area contributed by atoms with Crippen molar-refractivity contribution in [3.63, 3.8) is 0 Å².